The summed E-state index contributed by atoms with van der Waals surface area (Å²) in [5.74, 6) is 0.435. The summed E-state index contributed by atoms with van der Waals surface area (Å²) in [6, 6.07) is 7.21. The Morgan fingerprint density at radius 1 is 1.39 bits per heavy atom. The largest absolute Gasteiger partial charge is 0.490 e. The fourth-order valence-electron chi connectivity index (χ4n) is 1.97. The van der Waals surface area contributed by atoms with Crippen molar-refractivity contribution in [2.24, 2.45) is 0 Å². The van der Waals surface area contributed by atoms with Gasteiger partial charge < -0.3 is 9.47 Å². The van der Waals surface area contributed by atoms with Crippen molar-refractivity contribution >= 4 is 17.0 Å². The Bertz CT molecular complexity index is 578. The second-order valence-corrected chi connectivity index (χ2v) is 8.72. The Balaban J connectivity index is 2.17. The fourth-order valence-corrected chi connectivity index (χ4v) is 2.80. The molecule has 128 valence electrons. The molecule has 1 aromatic carbocycles. The molecular formula is C17H25NO4S. The lowest BCUT2D eigenvalue weighted by atomic mass is 10.0. The molecule has 1 aliphatic rings. The van der Waals surface area contributed by atoms with E-state index in [0.717, 1.165) is 24.2 Å². The van der Waals surface area contributed by atoms with Crippen molar-refractivity contribution < 1.29 is 18.5 Å². The van der Waals surface area contributed by atoms with Gasteiger partial charge in [0.25, 0.3) is 0 Å². The molecule has 0 spiro atoms. The number of benzene rings is 1. The second kappa shape index (κ2) is 7.45. The van der Waals surface area contributed by atoms with Crippen LogP contribution in [0.15, 0.2) is 24.3 Å². The Morgan fingerprint density at radius 2 is 2.09 bits per heavy atom. The maximum absolute atomic E-state index is 12.4. The average Bonchev–Trinajstić information content (AvgIpc) is 3.29. The predicted molar refractivity (Wildman–Crippen MR) is 90.5 cm³/mol. The van der Waals surface area contributed by atoms with E-state index in [9.17, 15) is 9.00 Å². The van der Waals surface area contributed by atoms with Gasteiger partial charge in [-0.3, -0.25) is 4.79 Å². The molecule has 0 saturated heterocycles. The third kappa shape index (κ3) is 5.62. The van der Waals surface area contributed by atoms with Crippen molar-refractivity contribution in [3.05, 3.63) is 29.8 Å². The molecule has 0 aliphatic heterocycles. The van der Waals surface area contributed by atoms with Crippen LogP contribution in [0.4, 0.5) is 0 Å². The molecule has 2 atom stereocenters. The molecule has 0 radical (unpaired) electrons. The summed E-state index contributed by atoms with van der Waals surface area (Å²) in [7, 11) is 0.0640. The van der Waals surface area contributed by atoms with E-state index in [0.29, 0.717) is 6.10 Å². The highest BCUT2D eigenvalue weighted by Crippen LogP contribution is 2.29. The highest BCUT2D eigenvalue weighted by Gasteiger charge is 2.27. The van der Waals surface area contributed by atoms with E-state index in [2.05, 4.69) is 4.72 Å². The smallest absolute Gasteiger partial charge is 0.307 e. The summed E-state index contributed by atoms with van der Waals surface area (Å²) >= 11 is 0. The van der Waals surface area contributed by atoms with Crippen LogP contribution in [0.2, 0.25) is 0 Å². The van der Waals surface area contributed by atoms with Crippen molar-refractivity contribution in [1.82, 2.24) is 4.72 Å². The first-order chi connectivity index (χ1) is 10.8. The maximum Gasteiger partial charge on any atom is 0.307 e. The van der Waals surface area contributed by atoms with Crippen LogP contribution in [0, 0.1) is 0 Å². The van der Waals surface area contributed by atoms with Crippen LogP contribution in [0.25, 0.3) is 0 Å². The van der Waals surface area contributed by atoms with Crippen molar-refractivity contribution in [3.63, 3.8) is 0 Å². The van der Waals surface area contributed by atoms with Crippen LogP contribution in [0.5, 0.6) is 5.75 Å². The van der Waals surface area contributed by atoms with Crippen molar-refractivity contribution in [2.45, 2.75) is 56.9 Å². The highest BCUT2D eigenvalue weighted by atomic mass is 32.2. The highest BCUT2D eigenvalue weighted by molar-refractivity contribution is 7.84. The van der Waals surface area contributed by atoms with Gasteiger partial charge in [-0.15, -0.1) is 0 Å². The van der Waals surface area contributed by atoms with Crippen molar-refractivity contribution in [1.29, 1.82) is 0 Å². The van der Waals surface area contributed by atoms with E-state index >= 15 is 0 Å². The Labute approximate surface area is 140 Å². The molecule has 0 aromatic heterocycles. The Kier molecular flexibility index (Phi) is 5.81. The van der Waals surface area contributed by atoms with Gasteiger partial charge in [-0.1, -0.05) is 12.1 Å². The first-order valence-corrected chi connectivity index (χ1v) is 8.96. The molecule has 6 heteroatoms. The van der Waals surface area contributed by atoms with E-state index in [4.69, 9.17) is 9.47 Å². The standard InChI is InChI=1S/C17H25NO4S/c1-17(2,3)23(20)18-15(11-16(19)21-4)12-6-5-7-14(10-12)22-13-8-9-13/h5-7,10,13,15,18H,8-9,11H2,1-4H3/t15-,23?/m0/s1. The lowest BCUT2D eigenvalue weighted by molar-refractivity contribution is -0.141. The number of esters is 1. The van der Waals surface area contributed by atoms with Gasteiger partial charge in [0.05, 0.1) is 41.4 Å². The number of hydrogen-bond donors (Lipinski definition) is 1. The summed E-state index contributed by atoms with van der Waals surface area (Å²) < 4.78 is 25.6. The minimum atomic E-state index is -1.29. The Morgan fingerprint density at radius 3 is 2.65 bits per heavy atom. The van der Waals surface area contributed by atoms with E-state index in [1.165, 1.54) is 7.11 Å². The fraction of sp³-hybridized carbons (Fsp3) is 0.588. The monoisotopic (exact) mass is 339 g/mol. The zero-order valence-corrected chi connectivity index (χ0v) is 14.9. The molecule has 1 aromatic rings. The van der Waals surface area contributed by atoms with Crippen molar-refractivity contribution in [3.8, 4) is 5.75 Å². The molecule has 5 nitrogen and oxygen atoms in total. The molecule has 1 fully saturated rings. The molecule has 2 rings (SSSR count). The van der Waals surface area contributed by atoms with Gasteiger partial charge in [0.2, 0.25) is 0 Å². The second-order valence-electron chi connectivity index (χ2n) is 6.72. The van der Waals surface area contributed by atoms with E-state index in [1.54, 1.807) is 0 Å². The summed E-state index contributed by atoms with van der Waals surface area (Å²) in [6.07, 6.45) is 2.59. The van der Waals surface area contributed by atoms with Crippen LogP contribution in [-0.2, 0) is 20.5 Å². The average molecular weight is 339 g/mol. The number of carbonyl (C=O) groups is 1. The summed E-state index contributed by atoms with van der Waals surface area (Å²) in [6.45, 7) is 5.66. The normalized spacial score (nSPS) is 17.4. The quantitative estimate of drug-likeness (QED) is 0.776. The third-order valence-electron chi connectivity index (χ3n) is 3.49. The van der Waals surface area contributed by atoms with Gasteiger partial charge in [-0.2, -0.15) is 0 Å². The lowest BCUT2D eigenvalue weighted by Gasteiger charge is -2.24. The molecule has 0 amide bonds. The van der Waals surface area contributed by atoms with Gasteiger partial charge in [0.1, 0.15) is 5.75 Å². The number of hydrogen-bond acceptors (Lipinski definition) is 4. The third-order valence-corrected chi connectivity index (χ3v) is 5.10. The van der Waals surface area contributed by atoms with Crippen LogP contribution in [-0.4, -0.2) is 28.1 Å². The maximum atomic E-state index is 12.4. The molecule has 1 unspecified atom stereocenters. The topological polar surface area (TPSA) is 64.6 Å². The molecule has 1 N–H and O–H groups in total. The van der Waals surface area contributed by atoms with Gasteiger partial charge in [0.15, 0.2) is 0 Å². The van der Waals surface area contributed by atoms with E-state index in [1.807, 2.05) is 45.0 Å². The van der Waals surface area contributed by atoms with Crippen LogP contribution >= 0.6 is 0 Å². The first kappa shape index (κ1) is 17.9. The van der Waals surface area contributed by atoms with Crippen LogP contribution < -0.4 is 9.46 Å². The van der Waals surface area contributed by atoms with Crippen molar-refractivity contribution in [2.75, 3.05) is 7.11 Å². The van der Waals surface area contributed by atoms with E-state index in [-0.39, 0.29) is 18.4 Å². The first-order valence-electron chi connectivity index (χ1n) is 7.81. The van der Waals surface area contributed by atoms with Gasteiger partial charge in [-0.05, 0) is 51.3 Å². The van der Waals surface area contributed by atoms with Crippen LogP contribution in [0.3, 0.4) is 0 Å². The zero-order chi connectivity index (χ0) is 17.0. The molecule has 1 aliphatic carbocycles. The molecule has 23 heavy (non-hydrogen) atoms. The summed E-state index contributed by atoms with van der Waals surface area (Å²) in [5.41, 5.74) is 0.867. The van der Waals surface area contributed by atoms with Crippen LogP contribution in [0.1, 0.15) is 51.6 Å². The Hall–Kier alpha value is -1.40. The number of rotatable bonds is 7. The predicted octanol–water partition coefficient (Wildman–Crippen LogP) is 2.88. The van der Waals surface area contributed by atoms with E-state index < -0.39 is 15.7 Å². The molecule has 1 saturated carbocycles. The van der Waals surface area contributed by atoms with Gasteiger partial charge in [0, 0.05) is 0 Å². The minimum Gasteiger partial charge on any atom is -0.490 e. The minimum absolute atomic E-state index is 0.116. The number of carbonyl (C=O) groups excluding carboxylic acids is 1. The summed E-state index contributed by atoms with van der Waals surface area (Å²) in [5, 5.41) is 0. The summed E-state index contributed by atoms with van der Waals surface area (Å²) in [4.78, 5) is 11.7. The molecular weight excluding hydrogens is 314 g/mol. The SMILES string of the molecule is COC(=O)C[C@H](NS(=O)C(C)(C)C)c1cccc(OC2CC2)c1. The number of nitrogens with one attached hydrogen (secondary N) is 1. The molecule has 0 heterocycles. The van der Waals surface area contributed by atoms with Gasteiger partial charge in [-0.25, -0.2) is 8.93 Å². The number of methoxy groups -OCH3 is 1. The number of ether oxygens (including phenoxy) is 2. The molecule has 0 bridgehead atoms. The van der Waals surface area contributed by atoms with Gasteiger partial charge >= 0.3 is 5.97 Å². The lowest BCUT2D eigenvalue weighted by Crippen LogP contribution is -2.36. The zero-order valence-electron chi connectivity index (χ0n) is 14.1.